The molecule has 0 fully saturated rings. The van der Waals surface area contributed by atoms with Gasteiger partial charge in [0.1, 0.15) is 23.6 Å². The number of nitrogens with zero attached hydrogens (tertiary/aromatic N) is 2. The Hall–Kier alpha value is -4.04. The van der Waals surface area contributed by atoms with E-state index in [0.29, 0.717) is 22.4 Å². The van der Waals surface area contributed by atoms with Gasteiger partial charge in [0.25, 0.3) is 11.8 Å². The summed E-state index contributed by atoms with van der Waals surface area (Å²) in [6.07, 6.45) is 0. The van der Waals surface area contributed by atoms with E-state index in [4.69, 9.17) is 20.4 Å². The van der Waals surface area contributed by atoms with Crippen molar-refractivity contribution >= 4 is 11.8 Å². The van der Waals surface area contributed by atoms with E-state index < -0.39 is 0 Å². The van der Waals surface area contributed by atoms with Crippen LogP contribution in [0.2, 0.25) is 0 Å². The first-order valence-electron chi connectivity index (χ1n) is 7.67. The quantitative estimate of drug-likeness (QED) is 0.754. The zero-order valence-electron chi connectivity index (χ0n) is 15.0. The van der Waals surface area contributed by atoms with Crippen molar-refractivity contribution in [2.45, 2.75) is 0 Å². The second-order valence-electron chi connectivity index (χ2n) is 5.03. The molecule has 2 aromatic rings. The Morgan fingerprint density at radius 1 is 0.926 bits per heavy atom. The molecule has 8 heteroatoms. The highest BCUT2D eigenvalue weighted by atomic mass is 16.5. The molecule has 2 amide bonds. The number of nitriles is 2. The molecule has 0 aromatic heterocycles. The van der Waals surface area contributed by atoms with Crippen LogP contribution in [0, 0.1) is 22.7 Å². The van der Waals surface area contributed by atoms with Crippen LogP contribution in [-0.4, -0.2) is 38.1 Å². The fourth-order valence-electron chi connectivity index (χ4n) is 1.99. The van der Waals surface area contributed by atoms with Gasteiger partial charge >= 0.3 is 0 Å². The van der Waals surface area contributed by atoms with Crippen molar-refractivity contribution in [1.29, 1.82) is 10.5 Å². The summed E-state index contributed by atoms with van der Waals surface area (Å²) in [5.74, 6) is -0.143. The van der Waals surface area contributed by atoms with Crippen LogP contribution < -0.4 is 15.4 Å². The molecule has 0 aliphatic carbocycles. The van der Waals surface area contributed by atoms with Crippen molar-refractivity contribution in [1.82, 2.24) is 10.6 Å². The molecular formula is C19H18N4O4. The second kappa shape index (κ2) is 10.1. The maximum absolute atomic E-state index is 11.2. The van der Waals surface area contributed by atoms with E-state index in [9.17, 15) is 9.59 Å². The average molecular weight is 366 g/mol. The van der Waals surface area contributed by atoms with Crippen molar-refractivity contribution in [2.75, 3.05) is 21.2 Å². The Morgan fingerprint density at radius 3 is 1.85 bits per heavy atom. The lowest BCUT2D eigenvalue weighted by atomic mass is 10.1. The number of nitrogens with one attached hydrogen (secondary N) is 2. The molecule has 0 aliphatic heterocycles. The number of ether oxygens (including phenoxy) is 1. The fraction of sp³-hybridized carbons (Fsp3) is 0.158. The normalized spacial score (nSPS) is 8.93. The highest BCUT2D eigenvalue weighted by Crippen LogP contribution is 2.18. The monoisotopic (exact) mass is 366 g/mol. The lowest BCUT2D eigenvalue weighted by molar-refractivity contribution is 0.0955. The predicted octanol–water partition coefficient (Wildman–Crippen LogP) is 1.55. The first kappa shape index (κ1) is 21.0. The molecule has 0 aliphatic rings. The number of hydrogen-bond donors (Lipinski definition) is 3. The van der Waals surface area contributed by atoms with Gasteiger partial charge in [0, 0.05) is 25.2 Å². The molecule has 0 unspecified atom stereocenters. The number of aromatic hydroxyl groups is 1. The van der Waals surface area contributed by atoms with Crippen LogP contribution in [0.15, 0.2) is 36.4 Å². The second-order valence-corrected chi connectivity index (χ2v) is 5.03. The Bertz CT molecular complexity index is 926. The Balaban J connectivity index is 0.000000271. The molecule has 27 heavy (non-hydrogen) atoms. The Labute approximate surface area is 156 Å². The predicted molar refractivity (Wildman–Crippen MR) is 97.3 cm³/mol. The van der Waals surface area contributed by atoms with Crippen LogP contribution in [0.4, 0.5) is 0 Å². The number of benzene rings is 2. The van der Waals surface area contributed by atoms with E-state index in [2.05, 4.69) is 10.6 Å². The van der Waals surface area contributed by atoms with Gasteiger partial charge < -0.3 is 20.5 Å². The van der Waals surface area contributed by atoms with Gasteiger partial charge in [-0.15, -0.1) is 0 Å². The Morgan fingerprint density at radius 2 is 1.41 bits per heavy atom. The molecule has 2 aromatic carbocycles. The standard InChI is InChI=1S/C10H10N2O2.C9H8N2O2/c1-12-10(13)7-3-4-9(14-2)8(5-7)6-11;1-11-9(13)6-2-3-8(12)7(4-6)5-10/h3-5H,1-2H3,(H,12,13);2-4,12H,1H3,(H,11,13). The van der Waals surface area contributed by atoms with E-state index in [1.807, 2.05) is 6.07 Å². The van der Waals surface area contributed by atoms with Crippen LogP contribution >= 0.6 is 0 Å². The van der Waals surface area contributed by atoms with Gasteiger partial charge in [-0.2, -0.15) is 10.5 Å². The Kier molecular flexibility index (Phi) is 7.83. The minimum absolute atomic E-state index is 0.0982. The molecular weight excluding hydrogens is 348 g/mol. The van der Waals surface area contributed by atoms with E-state index in [1.54, 1.807) is 25.2 Å². The highest BCUT2D eigenvalue weighted by Gasteiger charge is 2.08. The van der Waals surface area contributed by atoms with Gasteiger partial charge in [0.05, 0.1) is 18.2 Å². The summed E-state index contributed by atoms with van der Waals surface area (Å²) in [5, 5.41) is 31.4. The highest BCUT2D eigenvalue weighted by molar-refractivity contribution is 5.95. The van der Waals surface area contributed by atoms with Crippen molar-refractivity contribution < 1.29 is 19.4 Å². The van der Waals surface area contributed by atoms with Crippen LogP contribution in [0.5, 0.6) is 11.5 Å². The zero-order valence-corrected chi connectivity index (χ0v) is 15.0. The number of carbonyl (C=O) groups excluding carboxylic acids is 2. The lowest BCUT2D eigenvalue weighted by Gasteiger charge is -2.04. The van der Waals surface area contributed by atoms with Crippen molar-refractivity contribution in [3.05, 3.63) is 58.7 Å². The maximum Gasteiger partial charge on any atom is 0.251 e. The summed E-state index contributed by atoms with van der Waals surface area (Å²) in [5.41, 5.74) is 1.26. The third-order valence-electron chi connectivity index (χ3n) is 3.42. The van der Waals surface area contributed by atoms with Gasteiger partial charge in [-0.25, -0.2) is 0 Å². The molecule has 0 saturated heterocycles. The maximum atomic E-state index is 11.2. The summed E-state index contributed by atoms with van der Waals surface area (Å²) < 4.78 is 4.95. The molecule has 2 rings (SSSR count). The molecule has 3 N–H and O–H groups in total. The molecule has 0 heterocycles. The molecule has 0 atom stereocenters. The van der Waals surface area contributed by atoms with Crippen LogP contribution in [0.25, 0.3) is 0 Å². The SMILES string of the molecule is CNC(=O)c1ccc(O)c(C#N)c1.CNC(=O)c1ccc(OC)c(C#N)c1. The van der Waals surface area contributed by atoms with Crippen LogP contribution in [-0.2, 0) is 0 Å². The lowest BCUT2D eigenvalue weighted by Crippen LogP contribution is -2.17. The van der Waals surface area contributed by atoms with Crippen molar-refractivity contribution in [3.8, 4) is 23.6 Å². The average Bonchev–Trinajstić information content (AvgIpc) is 2.72. The number of phenols is 1. The van der Waals surface area contributed by atoms with Crippen LogP contribution in [0.3, 0.4) is 0 Å². The minimum atomic E-state index is -0.281. The molecule has 138 valence electrons. The number of methoxy groups -OCH3 is 1. The smallest absolute Gasteiger partial charge is 0.251 e. The van der Waals surface area contributed by atoms with Gasteiger partial charge in [-0.05, 0) is 36.4 Å². The number of carbonyl (C=O) groups is 2. The fourth-order valence-corrected chi connectivity index (χ4v) is 1.99. The third kappa shape index (κ3) is 5.48. The molecule has 0 bridgehead atoms. The first-order valence-corrected chi connectivity index (χ1v) is 7.67. The summed E-state index contributed by atoms with van der Waals surface area (Å²) in [6, 6.07) is 12.6. The van der Waals surface area contributed by atoms with Crippen molar-refractivity contribution in [3.63, 3.8) is 0 Å². The summed E-state index contributed by atoms with van der Waals surface area (Å²) >= 11 is 0. The van der Waals surface area contributed by atoms with E-state index in [0.717, 1.165) is 0 Å². The summed E-state index contributed by atoms with van der Waals surface area (Å²) in [4.78, 5) is 22.3. The number of amides is 2. The molecule has 0 spiro atoms. The largest absolute Gasteiger partial charge is 0.507 e. The summed E-state index contributed by atoms with van der Waals surface area (Å²) in [7, 11) is 4.52. The van der Waals surface area contributed by atoms with Gasteiger partial charge in [0.15, 0.2) is 0 Å². The third-order valence-corrected chi connectivity index (χ3v) is 3.42. The van der Waals surface area contributed by atoms with Crippen molar-refractivity contribution in [2.24, 2.45) is 0 Å². The topological polar surface area (TPSA) is 135 Å². The molecule has 0 radical (unpaired) electrons. The zero-order chi connectivity index (χ0) is 20.4. The number of rotatable bonds is 3. The number of hydrogen-bond acceptors (Lipinski definition) is 6. The van der Waals surface area contributed by atoms with E-state index in [-0.39, 0.29) is 23.1 Å². The van der Waals surface area contributed by atoms with E-state index in [1.165, 1.54) is 38.4 Å². The van der Waals surface area contributed by atoms with E-state index >= 15 is 0 Å². The van der Waals surface area contributed by atoms with Gasteiger partial charge in [0.2, 0.25) is 0 Å². The first-order chi connectivity index (χ1) is 12.9. The number of phenolic OH excluding ortho intramolecular Hbond substituents is 1. The van der Waals surface area contributed by atoms with Crippen LogP contribution in [0.1, 0.15) is 31.8 Å². The summed E-state index contributed by atoms with van der Waals surface area (Å²) in [6.45, 7) is 0. The van der Waals surface area contributed by atoms with Gasteiger partial charge in [-0.1, -0.05) is 0 Å². The van der Waals surface area contributed by atoms with Gasteiger partial charge in [-0.3, -0.25) is 9.59 Å². The molecule has 0 saturated carbocycles. The minimum Gasteiger partial charge on any atom is -0.507 e. The molecule has 8 nitrogen and oxygen atoms in total.